The van der Waals surface area contributed by atoms with Crippen LogP contribution in [0.2, 0.25) is 0 Å². The molecule has 3 aromatic rings. The number of rotatable bonds is 5. The Balaban J connectivity index is 1.52. The molecule has 1 fully saturated rings. The van der Waals surface area contributed by atoms with Gasteiger partial charge in [-0.2, -0.15) is 4.31 Å². The molecule has 2 heterocycles. The van der Waals surface area contributed by atoms with Crippen molar-refractivity contribution in [3.8, 4) is 0 Å². The van der Waals surface area contributed by atoms with E-state index in [2.05, 4.69) is 9.97 Å². The van der Waals surface area contributed by atoms with Crippen LogP contribution in [0, 0.1) is 0 Å². The number of hydrogen-bond donors (Lipinski definition) is 2. The molecule has 1 aromatic heterocycles. The van der Waals surface area contributed by atoms with Crippen LogP contribution in [0.25, 0.3) is 10.9 Å². The number of fused-ring (bicyclic) bond motifs is 1. The van der Waals surface area contributed by atoms with Crippen molar-refractivity contribution in [2.75, 3.05) is 31.1 Å². The average Bonchev–Trinajstić information content (AvgIpc) is 2.74. The molecule has 4 rings (SSSR count). The van der Waals surface area contributed by atoms with Gasteiger partial charge in [0, 0.05) is 37.3 Å². The third kappa shape index (κ3) is 3.84. The topological polar surface area (TPSA) is 136 Å². The standard InChI is InChI=1S/C20H22N6O3S/c21-15-2-1-3-17(9-15)30(28,29)26-7-6-25(16(11-26)12-27)10-14-4-5-18-19(8-14)23-13-24-20(18)22/h1-5,8-9,12-13,16H,6-7,10-11,21H2,(H2,22,23,24). The Morgan fingerprint density at radius 3 is 2.70 bits per heavy atom. The number of sulfonamides is 1. The number of nitrogens with two attached hydrogens (primary N) is 2. The maximum atomic E-state index is 13.0. The Kier molecular flexibility index (Phi) is 5.37. The number of carbonyl (C=O) groups excluding carboxylic acids is 1. The monoisotopic (exact) mass is 426 g/mol. The number of carbonyl (C=O) groups is 1. The molecule has 1 aliphatic heterocycles. The quantitative estimate of drug-likeness (QED) is 0.453. The Bertz CT molecular complexity index is 1200. The normalized spacial score (nSPS) is 18.5. The predicted octanol–water partition coefficient (Wildman–Crippen LogP) is 0.868. The second kappa shape index (κ2) is 7.98. The van der Waals surface area contributed by atoms with E-state index in [1.807, 2.05) is 23.1 Å². The van der Waals surface area contributed by atoms with Gasteiger partial charge in [0.05, 0.1) is 16.5 Å². The minimum Gasteiger partial charge on any atom is -0.399 e. The van der Waals surface area contributed by atoms with Gasteiger partial charge in [-0.15, -0.1) is 0 Å². The van der Waals surface area contributed by atoms with Crippen molar-refractivity contribution in [3.05, 3.63) is 54.4 Å². The van der Waals surface area contributed by atoms with Gasteiger partial charge in [-0.25, -0.2) is 18.4 Å². The maximum Gasteiger partial charge on any atom is 0.243 e. The first-order chi connectivity index (χ1) is 14.4. The average molecular weight is 427 g/mol. The lowest BCUT2D eigenvalue weighted by Gasteiger charge is -2.38. The van der Waals surface area contributed by atoms with Crippen LogP contribution in [0.4, 0.5) is 11.5 Å². The molecule has 0 bridgehead atoms. The van der Waals surface area contributed by atoms with Gasteiger partial charge in [0.1, 0.15) is 18.4 Å². The summed E-state index contributed by atoms with van der Waals surface area (Å²) in [6.07, 6.45) is 2.21. The Morgan fingerprint density at radius 2 is 1.93 bits per heavy atom. The van der Waals surface area contributed by atoms with Crippen molar-refractivity contribution in [1.29, 1.82) is 0 Å². The fourth-order valence-corrected chi connectivity index (χ4v) is 5.15. The zero-order valence-corrected chi connectivity index (χ0v) is 17.0. The van der Waals surface area contributed by atoms with Crippen LogP contribution >= 0.6 is 0 Å². The van der Waals surface area contributed by atoms with Gasteiger partial charge in [-0.3, -0.25) is 4.90 Å². The smallest absolute Gasteiger partial charge is 0.243 e. The molecule has 0 radical (unpaired) electrons. The van der Waals surface area contributed by atoms with Gasteiger partial charge >= 0.3 is 0 Å². The first kappa shape index (κ1) is 20.2. The van der Waals surface area contributed by atoms with Gasteiger partial charge in [-0.05, 0) is 35.9 Å². The SMILES string of the molecule is Nc1cccc(S(=O)(=O)N2CCN(Cc3ccc4c(N)ncnc4c3)C(C=O)C2)c1. The second-order valence-corrected chi connectivity index (χ2v) is 9.16. The van der Waals surface area contributed by atoms with E-state index in [0.717, 1.165) is 22.8 Å². The van der Waals surface area contributed by atoms with E-state index in [9.17, 15) is 13.2 Å². The number of nitrogens with zero attached hydrogens (tertiary/aromatic N) is 4. The molecule has 1 atom stereocenters. The summed E-state index contributed by atoms with van der Waals surface area (Å²) in [5, 5.41) is 0.770. The summed E-state index contributed by atoms with van der Waals surface area (Å²) in [5.41, 5.74) is 13.7. The highest BCUT2D eigenvalue weighted by atomic mass is 32.2. The zero-order chi connectivity index (χ0) is 21.3. The van der Waals surface area contributed by atoms with Gasteiger partial charge in [0.15, 0.2) is 0 Å². The van der Waals surface area contributed by atoms with Crippen LogP contribution in [0.3, 0.4) is 0 Å². The molecule has 0 saturated carbocycles. The number of aromatic nitrogens is 2. The van der Waals surface area contributed by atoms with E-state index in [-0.39, 0.29) is 18.0 Å². The minimum atomic E-state index is -3.72. The Morgan fingerprint density at radius 1 is 1.10 bits per heavy atom. The molecule has 156 valence electrons. The van der Waals surface area contributed by atoms with E-state index in [1.165, 1.54) is 22.8 Å². The molecule has 2 aromatic carbocycles. The van der Waals surface area contributed by atoms with Gasteiger partial charge in [0.25, 0.3) is 0 Å². The molecule has 30 heavy (non-hydrogen) atoms. The number of benzene rings is 2. The predicted molar refractivity (Wildman–Crippen MR) is 114 cm³/mol. The molecular formula is C20H22N6O3S. The molecular weight excluding hydrogens is 404 g/mol. The van der Waals surface area contributed by atoms with Gasteiger partial charge < -0.3 is 16.3 Å². The highest BCUT2D eigenvalue weighted by Gasteiger charge is 2.34. The third-order valence-corrected chi connectivity index (χ3v) is 7.13. The van der Waals surface area contributed by atoms with Crippen LogP contribution in [-0.4, -0.2) is 59.6 Å². The number of anilines is 2. The summed E-state index contributed by atoms with van der Waals surface area (Å²) >= 11 is 0. The number of nitrogen functional groups attached to an aromatic ring is 2. The molecule has 10 heteroatoms. The van der Waals surface area contributed by atoms with Crippen LogP contribution in [0.5, 0.6) is 0 Å². The fourth-order valence-electron chi connectivity index (χ4n) is 3.65. The lowest BCUT2D eigenvalue weighted by atomic mass is 10.1. The van der Waals surface area contributed by atoms with E-state index >= 15 is 0 Å². The third-order valence-electron chi connectivity index (χ3n) is 5.27. The van der Waals surface area contributed by atoms with Gasteiger partial charge in [-0.1, -0.05) is 12.1 Å². The van der Waals surface area contributed by atoms with E-state index in [4.69, 9.17) is 11.5 Å². The fraction of sp³-hybridized carbons (Fsp3) is 0.250. The maximum absolute atomic E-state index is 13.0. The molecule has 1 unspecified atom stereocenters. The van der Waals surface area contributed by atoms with Crippen LogP contribution in [0.1, 0.15) is 5.56 Å². The number of aldehydes is 1. The highest BCUT2D eigenvalue weighted by Crippen LogP contribution is 2.23. The summed E-state index contributed by atoms with van der Waals surface area (Å²) in [7, 11) is -3.72. The highest BCUT2D eigenvalue weighted by molar-refractivity contribution is 7.89. The molecule has 1 saturated heterocycles. The van der Waals surface area contributed by atoms with Crippen molar-refractivity contribution in [2.45, 2.75) is 17.5 Å². The summed E-state index contributed by atoms with van der Waals surface area (Å²) in [4.78, 5) is 22.1. The van der Waals surface area contributed by atoms with E-state index in [0.29, 0.717) is 24.6 Å². The van der Waals surface area contributed by atoms with Gasteiger partial charge in [0.2, 0.25) is 10.0 Å². The number of hydrogen-bond acceptors (Lipinski definition) is 8. The van der Waals surface area contributed by atoms with Crippen molar-refractivity contribution in [3.63, 3.8) is 0 Å². The zero-order valence-electron chi connectivity index (χ0n) is 16.2. The Labute approximate surface area is 174 Å². The van der Waals surface area contributed by atoms with Crippen molar-refractivity contribution >= 4 is 38.7 Å². The minimum absolute atomic E-state index is 0.0866. The summed E-state index contributed by atoms with van der Waals surface area (Å²) in [6.45, 7) is 1.29. The molecule has 9 nitrogen and oxygen atoms in total. The molecule has 0 amide bonds. The van der Waals surface area contributed by atoms with Crippen LogP contribution in [0.15, 0.2) is 53.7 Å². The molecule has 1 aliphatic rings. The van der Waals surface area contributed by atoms with E-state index < -0.39 is 16.1 Å². The first-order valence-electron chi connectivity index (χ1n) is 9.42. The summed E-state index contributed by atoms with van der Waals surface area (Å²) in [5.74, 6) is 0.415. The first-order valence-corrected chi connectivity index (χ1v) is 10.9. The molecule has 4 N–H and O–H groups in total. The lowest BCUT2D eigenvalue weighted by molar-refractivity contribution is -0.114. The lowest BCUT2D eigenvalue weighted by Crippen LogP contribution is -2.54. The molecule has 0 aliphatic carbocycles. The number of piperazine rings is 1. The largest absolute Gasteiger partial charge is 0.399 e. The summed E-state index contributed by atoms with van der Waals surface area (Å²) < 4.78 is 27.2. The van der Waals surface area contributed by atoms with E-state index in [1.54, 1.807) is 12.1 Å². The van der Waals surface area contributed by atoms with Crippen molar-refractivity contribution in [2.24, 2.45) is 0 Å². The molecule has 0 spiro atoms. The van der Waals surface area contributed by atoms with Crippen molar-refractivity contribution < 1.29 is 13.2 Å². The Hall–Kier alpha value is -3.08. The second-order valence-electron chi connectivity index (χ2n) is 7.22. The van der Waals surface area contributed by atoms with Crippen molar-refractivity contribution in [1.82, 2.24) is 19.2 Å². The van der Waals surface area contributed by atoms with Crippen LogP contribution < -0.4 is 11.5 Å². The van der Waals surface area contributed by atoms with Crippen LogP contribution in [-0.2, 0) is 21.4 Å². The summed E-state index contributed by atoms with van der Waals surface area (Å²) in [6, 6.07) is 11.3.